The summed E-state index contributed by atoms with van der Waals surface area (Å²) in [7, 11) is 0. The molecule has 1 saturated carbocycles. The van der Waals surface area contributed by atoms with Gasteiger partial charge in [-0.1, -0.05) is 0 Å². The van der Waals surface area contributed by atoms with Gasteiger partial charge in [-0.3, -0.25) is 14.5 Å². The number of fused-ring (bicyclic) bond motifs is 1. The van der Waals surface area contributed by atoms with Crippen molar-refractivity contribution < 1.29 is 9.59 Å². The Balaban J connectivity index is 1.64. The number of carbonyl (C=O) groups excluding carboxylic acids is 2. The number of carbonyl (C=O) groups is 2. The number of likely N-dealkylation sites (tertiary alicyclic amines) is 1. The van der Waals surface area contributed by atoms with Crippen LogP contribution in [0, 0.1) is 11.8 Å². The van der Waals surface area contributed by atoms with Crippen molar-refractivity contribution in [2.45, 2.75) is 12.8 Å². The number of imide groups is 1. The summed E-state index contributed by atoms with van der Waals surface area (Å²) in [5.41, 5.74) is 0. The lowest BCUT2D eigenvalue weighted by Gasteiger charge is -2.15. The van der Waals surface area contributed by atoms with Gasteiger partial charge >= 0.3 is 0 Å². The Morgan fingerprint density at radius 2 is 2.13 bits per heavy atom. The second kappa shape index (κ2) is 2.92. The minimum absolute atomic E-state index is 0.00843. The average Bonchev–Trinajstić information content (AvgIpc) is 2.80. The maximum absolute atomic E-state index is 11.6. The van der Waals surface area contributed by atoms with Crippen LogP contribution in [0.15, 0.2) is 12.4 Å². The van der Waals surface area contributed by atoms with E-state index in [0.29, 0.717) is 13.0 Å². The molecule has 2 aliphatic rings. The van der Waals surface area contributed by atoms with Crippen LogP contribution in [0.3, 0.4) is 0 Å². The number of hydrogen-bond acceptors (Lipinski definition) is 3. The largest absolute Gasteiger partial charge is 0.349 e. The number of imidazole rings is 1. The third-order valence-corrected chi connectivity index (χ3v) is 3.08. The second-order valence-corrected chi connectivity index (χ2v) is 4.06. The van der Waals surface area contributed by atoms with E-state index < -0.39 is 0 Å². The highest BCUT2D eigenvalue weighted by molar-refractivity contribution is 6.08. The van der Waals surface area contributed by atoms with Gasteiger partial charge < -0.3 is 4.98 Å². The first-order valence-electron chi connectivity index (χ1n) is 5.11. The first-order valence-corrected chi connectivity index (χ1v) is 5.11. The summed E-state index contributed by atoms with van der Waals surface area (Å²) in [6.45, 7) is 0.457. The predicted octanol–water partition coefficient (Wildman–Crippen LogP) is -0.0429. The van der Waals surface area contributed by atoms with Crippen molar-refractivity contribution in [1.82, 2.24) is 14.9 Å². The average molecular weight is 205 g/mol. The number of piperidine rings is 1. The quantitative estimate of drug-likeness (QED) is 0.704. The summed E-state index contributed by atoms with van der Waals surface area (Å²) in [5.74, 6) is 0.854. The summed E-state index contributed by atoms with van der Waals surface area (Å²) < 4.78 is 0. The molecule has 0 radical (unpaired) electrons. The van der Waals surface area contributed by atoms with Crippen LogP contribution in [0.2, 0.25) is 0 Å². The van der Waals surface area contributed by atoms with Crippen molar-refractivity contribution in [2.75, 3.05) is 6.54 Å². The maximum atomic E-state index is 11.6. The smallest absolute Gasteiger partial charge is 0.233 e. The lowest BCUT2D eigenvalue weighted by molar-refractivity contribution is -0.141. The van der Waals surface area contributed by atoms with Crippen LogP contribution in [-0.4, -0.2) is 33.2 Å². The Kier molecular flexibility index (Phi) is 1.68. The molecule has 2 heterocycles. The minimum atomic E-state index is 0.00843. The topological polar surface area (TPSA) is 66.1 Å². The van der Waals surface area contributed by atoms with Crippen LogP contribution in [-0.2, 0) is 16.0 Å². The van der Waals surface area contributed by atoms with Gasteiger partial charge in [0.2, 0.25) is 11.8 Å². The van der Waals surface area contributed by atoms with Crippen LogP contribution in [0.1, 0.15) is 12.2 Å². The van der Waals surface area contributed by atoms with Gasteiger partial charge in [0, 0.05) is 25.4 Å². The maximum Gasteiger partial charge on any atom is 0.233 e. The molecule has 3 rings (SSSR count). The molecule has 1 aromatic rings. The van der Waals surface area contributed by atoms with Crippen molar-refractivity contribution in [1.29, 1.82) is 0 Å². The summed E-state index contributed by atoms with van der Waals surface area (Å²) in [6, 6.07) is 0. The van der Waals surface area contributed by atoms with Gasteiger partial charge in [0.25, 0.3) is 0 Å². The fourth-order valence-corrected chi connectivity index (χ4v) is 2.12. The molecule has 15 heavy (non-hydrogen) atoms. The highest BCUT2D eigenvalue weighted by atomic mass is 16.2. The van der Waals surface area contributed by atoms with Crippen molar-refractivity contribution >= 4 is 11.8 Å². The molecule has 1 saturated heterocycles. The molecule has 0 aromatic carbocycles. The monoisotopic (exact) mass is 205 g/mol. The zero-order valence-electron chi connectivity index (χ0n) is 8.14. The van der Waals surface area contributed by atoms with Crippen LogP contribution in [0.5, 0.6) is 0 Å². The molecule has 2 atom stereocenters. The number of aromatic amines is 1. The molecule has 2 unspecified atom stereocenters. The van der Waals surface area contributed by atoms with E-state index in [-0.39, 0.29) is 23.7 Å². The van der Waals surface area contributed by atoms with E-state index in [1.54, 1.807) is 12.4 Å². The molecule has 1 aliphatic carbocycles. The third-order valence-electron chi connectivity index (χ3n) is 3.08. The standard InChI is InChI=1S/C10H11N3O2/c14-9-6-5-7(6)10(15)13(9)4-1-8-11-2-3-12-8/h2-3,6-7H,1,4-5H2,(H,11,12). The molecule has 2 amide bonds. The van der Waals surface area contributed by atoms with Crippen LogP contribution >= 0.6 is 0 Å². The van der Waals surface area contributed by atoms with Gasteiger partial charge in [-0.05, 0) is 6.42 Å². The first-order chi connectivity index (χ1) is 7.27. The molecule has 2 fully saturated rings. The van der Waals surface area contributed by atoms with E-state index in [4.69, 9.17) is 0 Å². The number of nitrogens with one attached hydrogen (secondary N) is 1. The van der Waals surface area contributed by atoms with Gasteiger partial charge in [0.1, 0.15) is 5.82 Å². The summed E-state index contributed by atoms with van der Waals surface area (Å²) in [6.07, 6.45) is 4.79. The number of hydrogen-bond donors (Lipinski definition) is 1. The van der Waals surface area contributed by atoms with Crippen molar-refractivity contribution in [3.05, 3.63) is 18.2 Å². The molecule has 0 bridgehead atoms. The highest BCUT2D eigenvalue weighted by Crippen LogP contribution is 2.46. The van der Waals surface area contributed by atoms with Gasteiger partial charge in [0.05, 0.1) is 11.8 Å². The van der Waals surface area contributed by atoms with E-state index in [2.05, 4.69) is 9.97 Å². The molecular formula is C10H11N3O2. The third kappa shape index (κ3) is 1.26. The molecule has 1 N–H and O–H groups in total. The first kappa shape index (κ1) is 8.64. The Morgan fingerprint density at radius 3 is 2.73 bits per heavy atom. The Labute approximate surface area is 86.5 Å². The van der Waals surface area contributed by atoms with Crippen molar-refractivity contribution in [3.8, 4) is 0 Å². The lowest BCUT2D eigenvalue weighted by atomic mass is 10.3. The molecule has 78 valence electrons. The number of amides is 2. The Hall–Kier alpha value is -1.65. The molecule has 5 heteroatoms. The summed E-state index contributed by atoms with van der Waals surface area (Å²) in [5, 5.41) is 0. The zero-order chi connectivity index (χ0) is 10.4. The van der Waals surface area contributed by atoms with Crippen LogP contribution in [0.4, 0.5) is 0 Å². The second-order valence-electron chi connectivity index (χ2n) is 4.06. The van der Waals surface area contributed by atoms with Crippen molar-refractivity contribution in [3.63, 3.8) is 0 Å². The van der Waals surface area contributed by atoms with E-state index in [9.17, 15) is 9.59 Å². The number of aromatic nitrogens is 2. The van der Waals surface area contributed by atoms with Gasteiger partial charge in [-0.15, -0.1) is 0 Å². The van der Waals surface area contributed by atoms with Gasteiger partial charge in [-0.25, -0.2) is 4.98 Å². The van der Waals surface area contributed by atoms with E-state index >= 15 is 0 Å². The predicted molar refractivity (Wildman–Crippen MR) is 50.6 cm³/mol. The van der Waals surface area contributed by atoms with E-state index in [1.165, 1.54) is 4.90 Å². The molecule has 1 aliphatic heterocycles. The SMILES string of the molecule is O=C1C2CC2C(=O)N1CCc1ncc[nH]1. The molecule has 0 spiro atoms. The van der Waals surface area contributed by atoms with E-state index in [0.717, 1.165) is 12.2 Å². The number of H-pyrrole nitrogens is 1. The van der Waals surface area contributed by atoms with Crippen LogP contribution < -0.4 is 0 Å². The minimum Gasteiger partial charge on any atom is -0.349 e. The molecule has 1 aromatic heterocycles. The summed E-state index contributed by atoms with van der Waals surface area (Å²) >= 11 is 0. The van der Waals surface area contributed by atoms with Crippen LogP contribution in [0.25, 0.3) is 0 Å². The lowest BCUT2D eigenvalue weighted by Crippen LogP contribution is -2.34. The highest BCUT2D eigenvalue weighted by Gasteiger charge is 2.58. The fraction of sp³-hybridized carbons (Fsp3) is 0.500. The van der Waals surface area contributed by atoms with Gasteiger partial charge in [0.15, 0.2) is 0 Å². The molecular weight excluding hydrogens is 194 g/mol. The Morgan fingerprint density at radius 1 is 1.40 bits per heavy atom. The van der Waals surface area contributed by atoms with Crippen molar-refractivity contribution in [2.24, 2.45) is 11.8 Å². The zero-order valence-corrected chi connectivity index (χ0v) is 8.14. The molecule has 5 nitrogen and oxygen atoms in total. The normalized spacial score (nSPS) is 28.4. The van der Waals surface area contributed by atoms with Gasteiger partial charge in [-0.2, -0.15) is 0 Å². The number of rotatable bonds is 3. The number of nitrogens with zero attached hydrogens (tertiary/aromatic N) is 2. The van der Waals surface area contributed by atoms with E-state index in [1.807, 2.05) is 0 Å². The summed E-state index contributed by atoms with van der Waals surface area (Å²) in [4.78, 5) is 31.6. The Bertz CT molecular complexity index is 392. The fourth-order valence-electron chi connectivity index (χ4n) is 2.12.